The van der Waals surface area contributed by atoms with Crippen LogP contribution in [0, 0.1) is 6.92 Å². The molecule has 25 heavy (non-hydrogen) atoms. The van der Waals surface area contributed by atoms with Gasteiger partial charge in [0.15, 0.2) is 0 Å². The molecule has 134 valence electrons. The first-order chi connectivity index (χ1) is 11.9. The number of nitrogens with one attached hydrogen (secondary N) is 3. The van der Waals surface area contributed by atoms with Crippen molar-refractivity contribution in [3.8, 4) is 0 Å². The molecule has 1 amide bonds. The minimum absolute atomic E-state index is 0.00159. The topological polar surface area (TPSA) is 117 Å². The molecule has 1 saturated carbocycles. The van der Waals surface area contributed by atoms with Gasteiger partial charge in [-0.25, -0.2) is 13.1 Å². The molecule has 3 N–H and O–H groups in total. The number of anilines is 1. The van der Waals surface area contributed by atoms with Gasteiger partial charge >= 0.3 is 0 Å². The number of benzene rings is 1. The van der Waals surface area contributed by atoms with Gasteiger partial charge < -0.3 is 0 Å². The van der Waals surface area contributed by atoms with E-state index in [4.69, 9.17) is 0 Å². The van der Waals surface area contributed by atoms with Crippen molar-refractivity contribution in [1.82, 2.24) is 19.9 Å². The first kappa shape index (κ1) is 17.6. The molecule has 0 aliphatic heterocycles. The van der Waals surface area contributed by atoms with Crippen LogP contribution in [0.15, 0.2) is 29.2 Å². The minimum Gasteiger partial charge on any atom is -0.293 e. The lowest BCUT2D eigenvalue weighted by Crippen LogP contribution is -2.28. The summed E-state index contributed by atoms with van der Waals surface area (Å²) in [6, 6.07) is 6.52. The van der Waals surface area contributed by atoms with Crippen molar-refractivity contribution in [2.75, 3.05) is 11.9 Å². The first-order valence-electron chi connectivity index (χ1n) is 8.22. The third-order valence-electron chi connectivity index (χ3n) is 4.22. The van der Waals surface area contributed by atoms with Gasteiger partial charge in [0.05, 0.1) is 4.90 Å². The number of aryl methyl sites for hydroxylation is 1. The highest BCUT2D eigenvalue weighted by atomic mass is 32.2. The van der Waals surface area contributed by atoms with E-state index in [0.29, 0.717) is 5.92 Å². The number of carbonyl (C=O) groups is 1. The van der Waals surface area contributed by atoms with Crippen molar-refractivity contribution in [3.05, 3.63) is 35.7 Å². The third kappa shape index (κ3) is 4.43. The smallest absolute Gasteiger partial charge is 0.248 e. The van der Waals surface area contributed by atoms with E-state index >= 15 is 0 Å². The summed E-state index contributed by atoms with van der Waals surface area (Å²) in [6.45, 7) is 1.88. The Balaban J connectivity index is 1.47. The molecule has 0 bridgehead atoms. The fraction of sp³-hybridized carbons (Fsp3) is 0.438. The lowest BCUT2D eigenvalue weighted by atomic mass is 9.85. The molecule has 1 aromatic carbocycles. The summed E-state index contributed by atoms with van der Waals surface area (Å²) in [5.74, 6) is 1.08. The largest absolute Gasteiger partial charge is 0.293 e. The average molecular weight is 363 g/mol. The Kier molecular flexibility index (Phi) is 5.14. The predicted molar refractivity (Wildman–Crippen MR) is 92.6 cm³/mol. The van der Waals surface area contributed by atoms with Crippen molar-refractivity contribution >= 4 is 21.9 Å². The Labute approximate surface area is 146 Å². The second-order valence-corrected chi connectivity index (χ2v) is 7.95. The third-order valence-corrected chi connectivity index (χ3v) is 5.70. The fourth-order valence-corrected chi connectivity index (χ4v) is 3.51. The van der Waals surface area contributed by atoms with Crippen LogP contribution in [0.4, 0.5) is 5.95 Å². The van der Waals surface area contributed by atoms with Gasteiger partial charge in [0.25, 0.3) is 0 Å². The molecule has 2 aromatic rings. The monoisotopic (exact) mass is 363 g/mol. The summed E-state index contributed by atoms with van der Waals surface area (Å²) in [5.41, 5.74) is 0.978. The van der Waals surface area contributed by atoms with E-state index in [0.717, 1.165) is 24.2 Å². The lowest BCUT2D eigenvalue weighted by Gasteiger charge is -2.22. The van der Waals surface area contributed by atoms with E-state index in [1.165, 1.54) is 18.6 Å². The molecule has 8 nitrogen and oxygen atoms in total. The molecular formula is C16H21N5O3S. The van der Waals surface area contributed by atoms with Gasteiger partial charge in [0, 0.05) is 18.9 Å². The normalized spacial score (nSPS) is 14.9. The van der Waals surface area contributed by atoms with Gasteiger partial charge in [0.1, 0.15) is 5.82 Å². The molecule has 1 heterocycles. The Morgan fingerprint density at radius 3 is 2.64 bits per heavy atom. The average Bonchev–Trinajstić information content (AvgIpc) is 2.93. The predicted octanol–water partition coefficient (Wildman–Crippen LogP) is 1.69. The van der Waals surface area contributed by atoms with Gasteiger partial charge in [-0.15, -0.1) is 5.10 Å². The summed E-state index contributed by atoms with van der Waals surface area (Å²) >= 11 is 0. The first-order valence-corrected chi connectivity index (χ1v) is 9.71. The number of aromatic nitrogens is 3. The van der Waals surface area contributed by atoms with E-state index in [1.54, 1.807) is 12.1 Å². The number of rotatable bonds is 7. The molecule has 0 unspecified atom stereocenters. The summed E-state index contributed by atoms with van der Waals surface area (Å²) in [7, 11) is -3.62. The van der Waals surface area contributed by atoms with Crippen molar-refractivity contribution in [2.45, 2.75) is 43.4 Å². The molecule has 9 heteroatoms. The summed E-state index contributed by atoms with van der Waals surface area (Å²) < 4.78 is 26.7. The number of amides is 1. The maximum atomic E-state index is 12.1. The zero-order chi connectivity index (χ0) is 17.9. The molecule has 1 aliphatic rings. The molecule has 1 aromatic heterocycles. The Hall–Kier alpha value is -2.26. The van der Waals surface area contributed by atoms with E-state index in [2.05, 4.69) is 25.2 Å². The summed E-state index contributed by atoms with van der Waals surface area (Å²) in [6.07, 6.45) is 3.36. The highest BCUT2D eigenvalue weighted by Crippen LogP contribution is 2.34. The van der Waals surface area contributed by atoms with E-state index < -0.39 is 10.0 Å². The van der Waals surface area contributed by atoms with Crippen molar-refractivity contribution < 1.29 is 13.2 Å². The second-order valence-electron chi connectivity index (χ2n) is 6.18. The standard InChI is InChI=1S/C16H21N5O3S/c1-11-5-7-13(8-6-11)25(23,24)17-10-9-14(22)18-16-19-15(20-21-16)12-3-2-4-12/h5-8,12,17H,2-4,9-10H2,1H3,(H2,18,19,20,21,22). The van der Waals surface area contributed by atoms with Crippen LogP contribution in [0.3, 0.4) is 0 Å². The number of carbonyl (C=O) groups excluding carboxylic acids is 1. The molecule has 0 atom stereocenters. The van der Waals surface area contributed by atoms with Crippen LogP contribution in [0.5, 0.6) is 0 Å². The number of H-pyrrole nitrogens is 1. The molecule has 0 saturated heterocycles. The molecule has 1 fully saturated rings. The van der Waals surface area contributed by atoms with Gasteiger partial charge in [-0.1, -0.05) is 24.1 Å². The van der Waals surface area contributed by atoms with Crippen molar-refractivity contribution in [1.29, 1.82) is 0 Å². The van der Waals surface area contributed by atoms with Gasteiger partial charge in [-0.05, 0) is 31.9 Å². The summed E-state index contributed by atoms with van der Waals surface area (Å²) in [4.78, 5) is 16.3. The zero-order valence-corrected chi connectivity index (χ0v) is 14.8. The van der Waals surface area contributed by atoms with Crippen LogP contribution >= 0.6 is 0 Å². The number of nitrogens with zero attached hydrogens (tertiary/aromatic N) is 2. The maximum Gasteiger partial charge on any atom is 0.248 e. The number of hydrogen-bond acceptors (Lipinski definition) is 5. The molecule has 0 spiro atoms. The minimum atomic E-state index is -3.62. The number of aromatic amines is 1. The van der Waals surface area contributed by atoms with E-state index in [1.807, 2.05) is 6.92 Å². The summed E-state index contributed by atoms with van der Waals surface area (Å²) in [5, 5.41) is 9.37. The Morgan fingerprint density at radius 1 is 1.28 bits per heavy atom. The van der Waals surface area contributed by atoms with E-state index in [-0.39, 0.29) is 29.7 Å². The maximum absolute atomic E-state index is 12.1. The van der Waals surface area contributed by atoms with Crippen LogP contribution < -0.4 is 10.0 Å². The highest BCUT2D eigenvalue weighted by molar-refractivity contribution is 7.89. The SMILES string of the molecule is Cc1ccc(S(=O)(=O)NCCC(=O)Nc2n[nH]c(C3CCC3)n2)cc1. The highest BCUT2D eigenvalue weighted by Gasteiger charge is 2.23. The zero-order valence-electron chi connectivity index (χ0n) is 13.9. The van der Waals surface area contributed by atoms with Crippen LogP contribution in [0.25, 0.3) is 0 Å². The Morgan fingerprint density at radius 2 is 2.00 bits per heavy atom. The fourth-order valence-electron chi connectivity index (χ4n) is 2.48. The van der Waals surface area contributed by atoms with Crippen LogP contribution in [-0.2, 0) is 14.8 Å². The molecular weight excluding hydrogens is 342 g/mol. The van der Waals surface area contributed by atoms with Gasteiger partial charge in [-0.3, -0.25) is 15.2 Å². The molecule has 1 aliphatic carbocycles. The molecule has 3 rings (SSSR count). The van der Waals surface area contributed by atoms with Crippen molar-refractivity contribution in [3.63, 3.8) is 0 Å². The molecule has 0 radical (unpaired) electrons. The van der Waals surface area contributed by atoms with Crippen LogP contribution in [0.1, 0.15) is 43.0 Å². The van der Waals surface area contributed by atoms with Crippen molar-refractivity contribution in [2.24, 2.45) is 0 Å². The van der Waals surface area contributed by atoms with Crippen LogP contribution in [-0.4, -0.2) is 36.1 Å². The van der Waals surface area contributed by atoms with E-state index in [9.17, 15) is 13.2 Å². The number of hydrogen-bond donors (Lipinski definition) is 3. The number of sulfonamides is 1. The van der Waals surface area contributed by atoms with Gasteiger partial charge in [-0.2, -0.15) is 4.98 Å². The Bertz CT molecular complexity index is 841. The lowest BCUT2D eigenvalue weighted by molar-refractivity contribution is -0.116. The van der Waals surface area contributed by atoms with Gasteiger partial charge in [0.2, 0.25) is 21.9 Å². The second kappa shape index (κ2) is 7.32. The quantitative estimate of drug-likeness (QED) is 0.692. The van der Waals surface area contributed by atoms with Crippen LogP contribution in [0.2, 0.25) is 0 Å².